The number of carboxylic acids is 1. The number of aromatic carboxylic acids is 1. The van der Waals surface area contributed by atoms with Gasteiger partial charge >= 0.3 is 11.7 Å². The van der Waals surface area contributed by atoms with Gasteiger partial charge in [0.05, 0.1) is 5.52 Å². The Morgan fingerprint density at radius 1 is 1.25 bits per heavy atom. The van der Waals surface area contributed by atoms with Crippen LogP contribution >= 0.6 is 0 Å². The van der Waals surface area contributed by atoms with Crippen molar-refractivity contribution in [1.29, 1.82) is 0 Å². The van der Waals surface area contributed by atoms with Crippen LogP contribution in [0.1, 0.15) is 26.5 Å². The van der Waals surface area contributed by atoms with Crippen LogP contribution in [0.15, 0.2) is 39.8 Å². The zero-order valence-electron chi connectivity index (χ0n) is 12.5. The van der Waals surface area contributed by atoms with Crippen LogP contribution in [0.5, 0.6) is 0 Å². The van der Waals surface area contributed by atoms with Crippen LogP contribution in [0.2, 0.25) is 0 Å². The number of fused-ring (bicyclic) bond motifs is 1. The minimum absolute atomic E-state index is 0.0424. The average Bonchev–Trinajstić information content (AvgIpc) is 2.87. The van der Waals surface area contributed by atoms with E-state index in [4.69, 9.17) is 9.52 Å². The lowest BCUT2D eigenvalue weighted by molar-refractivity contribution is 0.0690. The molecule has 1 amide bonds. The summed E-state index contributed by atoms with van der Waals surface area (Å²) < 4.78 is 6.40. The Labute approximate surface area is 134 Å². The molecule has 0 unspecified atom stereocenters. The van der Waals surface area contributed by atoms with Crippen molar-refractivity contribution in [2.24, 2.45) is 7.05 Å². The van der Waals surface area contributed by atoms with Gasteiger partial charge in [0, 0.05) is 19.7 Å². The summed E-state index contributed by atoms with van der Waals surface area (Å²) in [5, 5.41) is 11.5. The van der Waals surface area contributed by atoms with Gasteiger partial charge in [-0.25, -0.2) is 19.6 Å². The number of rotatable bonds is 4. The molecular weight excluding hydrogens is 316 g/mol. The molecule has 2 heterocycles. The van der Waals surface area contributed by atoms with E-state index in [0.717, 1.165) is 18.0 Å². The van der Waals surface area contributed by atoms with Crippen LogP contribution < -0.4 is 11.1 Å². The minimum Gasteiger partial charge on any atom is -0.477 e. The van der Waals surface area contributed by atoms with Crippen LogP contribution in [0.25, 0.3) is 11.1 Å². The van der Waals surface area contributed by atoms with E-state index in [1.807, 2.05) is 0 Å². The molecule has 122 valence electrons. The van der Waals surface area contributed by atoms with Gasteiger partial charge in [0.2, 0.25) is 0 Å². The van der Waals surface area contributed by atoms with Crippen LogP contribution in [0.3, 0.4) is 0 Å². The molecule has 24 heavy (non-hydrogen) atoms. The number of amides is 1. The summed E-state index contributed by atoms with van der Waals surface area (Å²) >= 11 is 0. The largest absolute Gasteiger partial charge is 0.477 e. The normalized spacial score (nSPS) is 10.7. The maximum atomic E-state index is 12.1. The van der Waals surface area contributed by atoms with E-state index in [0.29, 0.717) is 11.1 Å². The van der Waals surface area contributed by atoms with Crippen molar-refractivity contribution in [2.45, 2.75) is 6.54 Å². The van der Waals surface area contributed by atoms with Crippen molar-refractivity contribution in [2.75, 3.05) is 0 Å². The summed E-state index contributed by atoms with van der Waals surface area (Å²) in [6.07, 6.45) is 1.02. The molecule has 0 radical (unpaired) electrons. The lowest BCUT2D eigenvalue weighted by atomic mass is 10.2. The van der Waals surface area contributed by atoms with Crippen LogP contribution in [0.4, 0.5) is 0 Å². The quantitative estimate of drug-likeness (QED) is 0.716. The second-order valence-corrected chi connectivity index (χ2v) is 5.01. The maximum Gasteiger partial charge on any atom is 0.419 e. The molecule has 3 rings (SSSR count). The Morgan fingerprint density at radius 2 is 2.00 bits per heavy atom. The SMILES string of the molecule is Cn1c(=O)oc2ccc(CNC(=O)c3cc(C(=O)O)ncn3)cc21. The van der Waals surface area contributed by atoms with E-state index in [-0.39, 0.29) is 17.9 Å². The minimum atomic E-state index is -1.24. The number of hydrogen-bond acceptors (Lipinski definition) is 6. The Kier molecular flexibility index (Phi) is 3.82. The summed E-state index contributed by atoms with van der Waals surface area (Å²) in [6.45, 7) is 0.181. The predicted molar refractivity (Wildman–Crippen MR) is 81.6 cm³/mol. The van der Waals surface area contributed by atoms with E-state index in [1.165, 1.54) is 4.57 Å². The number of aromatic nitrogens is 3. The van der Waals surface area contributed by atoms with Crippen molar-refractivity contribution in [3.05, 3.63) is 58.1 Å². The number of aryl methyl sites for hydroxylation is 1. The van der Waals surface area contributed by atoms with E-state index in [9.17, 15) is 14.4 Å². The fourth-order valence-electron chi connectivity index (χ4n) is 2.15. The van der Waals surface area contributed by atoms with Crippen LogP contribution in [0, 0.1) is 0 Å². The molecule has 0 aliphatic rings. The van der Waals surface area contributed by atoms with Gasteiger partial charge < -0.3 is 14.8 Å². The first kappa shape index (κ1) is 15.4. The van der Waals surface area contributed by atoms with Gasteiger partial charge in [0.25, 0.3) is 5.91 Å². The fourth-order valence-corrected chi connectivity index (χ4v) is 2.15. The molecule has 2 N–H and O–H groups in total. The molecule has 1 aromatic carbocycles. The molecule has 2 aromatic heterocycles. The highest BCUT2D eigenvalue weighted by Gasteiger charge is 2.12. The van der Waals surface area contributed by atoms with Gasteiger partial charge in [0.15, 0.2) is 11.3 Å². The molecule has 9 heteroatoms. The number of carboxylic acid groups (broad SMARTS) is 1. The molecule has 0 saturated heterocycles. The Hall–Kier alpha value is -3.49. The summed E-state index contributed by atoms with van der Waals surface area (Å²) in [5.74, 6) is -2.23. The topological polar surface area (TPSA) is 127 Å². The number of benzene rings is 1. The van der Waals surface area contributed by atoms with E-state index < -0.39 is 17.6 Å². The second kappa shape index (κ2) is 5.95. The highest BCUT2D eigenvalue weighted by atomic mass is 16.4. The van der Waals surface area contributed by atoms with Gasteiger partial charge in [-0.1, -0.05) is 6.07 Å². The van der Waals surface area contributed by atoms with Gasteiger partial charge in [-0.3, -0.25) is 9.36 Å². The Bertz CT molecular complexity index is 1000. The predicted octanol–water partition coefficient (Wildman–Crippen LogP) is 0.550. The lowest BCUT2D eigenvalue weighted by Gasteiger charge is -2.05. The molecule has 0 atom stereocenters. The van der Waals surface area contributed by atoms with Crippen LogP contribution in [-0.2, 0) is 13.6 Å². The molecule has 0 bridgehead atoms. The molecule has 0 aliphatic heterocycles. The van der Waals surface area contributed by atoms with Gasteiger partial charge in [-0.15, -0.1) is 0 Å². The number of nitrogens with zero attached hydrogens (tertiary/aromatic N) is 3. The number of hydrogen-bond donors (Lipinski definition) is 2. The molecular formula is C15H12N4O5. The Morgan fingerprint density at radius 3 is 2.75 bits per heavy atom. The summed E-state index contributed by atoms with van der Waals surface area (Å²) in [7, 11) is 1.59. The van der Waals surface area contributed by atoms with E-state index in [1.54, 1.807) is 25.2 Å². The molecule has 9 nitrogen and oxygen atoms in total. The van der Waals surface area contributed by atoms with E-state index in [2.05, 4.69) is 15.3 Å². The lowest BCUT2D eigenvalue weighted by Crippen LogP contribution is -2.24. The third-order valence-corrected chi connectivity index (χ3v) is 3.43. The van der Waals surface area contributed by atoms with Crippen molar-refractivity contribution in [3.63, 3.8) is 0 Å². The number of oxazole rings is 1. The number of carbonyl (C=O) groups excluding carboxylic acids is 1. The van der Waals surface area contributed by atoms with Crippen molar-refractivity contribution in [1.82, 2.24) is 19.9 Å². The van der Waals surface area contributed by atoms with E-state index >= 15 is 0 Å². The summed E-state index contributed by atoms with van der Waals surface area (Å²) in [6, 6.07) is 6.18. The number of nitrogens with one attached hydrogen (secondary N) is 1. The first-order valence-corrected chi connectivity index (χ1v) is 6.87. The summed E-state index contributed by atoms with van der Waals surface area (Å²) in [4.78, 5) is 41.7. The first-order valence-electron chi connectivity index (χ1n) is 6.87. The summed E-state index contributed by atoms with van der Waals surface area (Å²) in [5.41, 5.74) is 1.52. The average molecular weight is 328 g/mol. The van der Waals surface area contributed by atoms with Gasteiger partial charge in [-0.2, -0.15) is 0 Å². The maximum absolute atomic E-state index is 12.1. The van der Waals surface area contributed by atoms with Gasteiger partial charge in [0.1, 0.15) is 12.0 Å². The third-order valence-electron chi connectivity index (χ3n) is 3.43. The first-order chi connectivity index (χ1) is 11.5. The number of carbonyl (C=O) groups is 2. The standard InChI is InChI=1S/C15H12N4O5/c1-19-11-4-8(2-3-12(11)24-15(19)23)6-16-13(20)9-5-10(14(21)22)18-7-17-9/h2-5,7H,6H2,1H3,(H,16,20)(H,21,22). The van der Waals surface area contributed by atoms with Gasteiger partial charge in [-0.05, 0) is 17.7 Å². The molecule has 3 aromatic rings. The van der Waals surface area contributed by atoms with Crippen molar-refractivity contribution >= 4 is 23.0 Å². The Balaban J connectivity index is 1.76. The zero-order valence-corrected chi connectivity index (χ0v) is 12.5. The molecule has 0 fully saturated rings. The fraction of sp³-hybridized carbons (Fsp3) is 0.133. The van der Waals surface area contributed by atoms with Crippen LogP contribution in [-0.4, -0.2) is 31.5 Å². The second-order valence-electron chi connectivity index (χ2n) is 5.01. The zero-order chi connectivity index (χ0) is 17.3. The van der Waals surface area contributed by atoms with Crippen molar-refractivity contribution in [3.8, 4) is 0 Å². The highest BCUT2D eigenvalue weighted by Crippen LogP contribution is 2.14. The monoisotopic (exact) mass is 328 g/mol. The highest BCUT2D eigenvalue weighted by molar-refractivity contribution is 5.94. The third kappa shape index (κ3) is 2.86. The molecule has 0 spiro atoms. The smallest absolute Gasteiger partial charge is 0.419 e. The molecule has 0 saturated carbocycles. The molecule has 0 aliphatic carbocycles. The van der Waals surface area contributed by atoms with Crippen molar-refractivity contribution < 1.29 is 19.1 Å².